The lowest BCUT2D eigenvalue weighted by Crippen LogP contribution is -2.62. The lowest BCUT2D eigenvalue weighted by atomic mass is 9.98. The van der Waals surface area contributed by atoms with Gasteiger partial charge in [0.15, 0.2) is 17.9 Å². The molecule has 18 atom stereocenters. The van der Waals surface area contributed by atoms with Gasteiger partial charge in [0.05, 0.1) is 19.3 Å². The van der Waals surface area contributed by atoms with E-state index in [4.69, 9.17) is 56.4 Å². The first-order chi connectivity index (χ1) is 68.7. The van der Waals surface area contributed by atoms with Crippen molar-refractivity contribution in [3.05, 3.63) is 35.9 Å². The number of nitrogens with one attached hydrogen (secondary N) is 22. The monoisotopic (exact) mass is 2070 g/mol. The number of carboxylic acid groups (broad SMARTS) is 3. The molecule has 0 spiro atoms. The summed E-state index contributed by atoms with van der Waals surface area (Å²) in [4.78, 5) is 291. The number of nitrogens with zero attached hydrogens (tertiary/aromatic N) is 1. The summed E-state index contributed by atoms with van der Waals surface area (Å²) < 4.78 is 0. The van der Waals surface area contributed by atoms with Crippen molar-refractivity contribution < 1.29 is 126 Å². The number of rotatable bonds is 71. The Balaban J connectivity index is 2.48. The number of aliphatic carboxylic acids is 3. The van der Waals surface area contributed by atoms with Gasteiger partial charge in [-0.1, -0.05) is 71.9 Å². The second-order valence-corrected chi connectivity index (χ2v) is 36.5. The first-order valence-electron chi connectivity index (χ1n) is 48.5. The van der Waals surface area contributed by atoms with Crippen molar-refractivity contribution in [2.45, 2.75) is 312 Å². The van der Waals surface area contributed by atoms with Crippen LogP contribution in [0.1, 0.15) is 203 Å². The van der Waals surface area contributed by atoms with Crippen LogP contribution >= 0.6 is 0 Å². The largest absolute Gasteiger partial charge is 0.481 e. The number of carboxylic acids is 3. The fourth-order valence-corrected chi connectivity index (χ4v) is 14.8. The van der Waals surface area contributed by atoms with Crippen molar-refractivity contribution in [2.24, 2.45) is 57.9 Å². The van der Waals surface area contributed by atoms with E-state index in [1.807, 2.05) is 0 Å². The summed E-state index contributed by atoms with van der Waals surface area (Å²) in [6, 6.07) is -19.8. The highest BCUT2D eigenvalue weighted by Crippen LogP contribution is 2.23. The van der Waals surface area contributed by atoms with Crippen LogP contribution in [0.5, 0.6) is 0 Å². The Bertz CT molecular complexity index is 4570. The Morgan fingerprint density at radius 2 is 0.685 bits per heavy atom. The Morgan fingerprint density at radius 3 is 1.07 bits per heavy atom. The van der Waals surface area contributed by atoms with E-state index >= 15 is 0 Å². The zero-order valence-electron chi connectivity index (χ0n) is 84.0. The van der Waals surface area contributed by atoms with Crippen LogP contribution in [0.25, 0.3) is 0 Å². The first-order valence-corrected chi connectivity index (χ1v) is 48.5. The van der Waals surface area contributed by atoms with Crippen molar-refractivity contribution in [1.29, 1.82) is 16.2 Å². The van der Waals surface area contributed by atoms with Crippen molar-refractivity contribution in [2.75, 3.05) is 52.5 Å². The summed E-state index contributed by atoms with van der Waals surface area (Å²) in [5.74, 6) is -26.1. The summed E-state index contributed by atoms with van der Waals surface area (Å²) in [6.07, 6.45) is -3.84. The van der Waals surface area contributed by atoms with Gasteiger partial charge in [-0.2, -0.15) is 0 Å². The number of carbonyl (C=O) groups excluding carboxylic acids is 18. The van der Waals surface area contributed by atoms with Crippen LogP contribution in [-0.2, 0) is 107 Å². The Kier molecular flexibility index (Phi) is 58.9. The number of unbranched alkanes of at least 4 members (excludes halogenated alkanes) is 2. The molecule has 1 saturated heterocycles. The van der Waals surface area contributed by atoms with Gasteiger partial charge in [-0.3, -0.25) is 112 Å². The number of guanidine groups is 3. The predicted molar refractivity (Wildman–Crippen MR) is 527 cm³/mol. The molecule has 1 fully saturated rings. The van der Waals surface area contributed by atoms with Gasteiger partial charge in [-0.15, -0.1) is 0 Å². The molecule has 0 saturated carbocycles. The average molecular weight is 2070 g/mol. The van der Waals surface area contributed by atoms with Crippen molar-refractivity contribution in [3.63, 3.8) is 0 Å². The lowest BCUT2D eigenvalue weighted by molar-refractivity contribution is -0.144. The third kappa shape index (κ3) is 48.9. The zero-order chi connectivity index (χ0) is 110. The molecule has 2 rings (SSSR count). The van der Waals surface area contributed by atoms with Gasteiger partial charge in [-0.25, -0.2) is 4.79 Å². The van der Waals surface area contributed by atoms with Gasteiger partial charge in [0.2, 0.25) is 106 Å². The number of amides is 18. The molecule has 0 bridgehead atoms. The number of likely N-dealkylation sites (tertiary alicyclic amines) is 1. The first kappa shape index (κ1) is 128. The number of primary amides is 1. The van der Waals surface area contributed by atoms with Crippen molar-refractivity contribution >= 4 is 142 Å². The number of aliphatic hydroxyl groups excluding tert-OH is 2. The van der Waals surface area contributed by atoms with Crippen LogP contribution in [-0.4, -0.2) is 334 Å². The van der Waals surface area contributed by atoms with Crippen LogP contribution < -0.4 is 141 Å². The Morgan fingerprint density at radius 1 is 0.363 bits per heavy atom. The van der Waals surface area contributed by atoms with Gasteiger partial charge >= 0.3 is 17.9 Å². The topological polar surface area (TPSA) is 945 Å². The van der Waals surface area contributed by atoms with E-state index in [9.17, 15) is 126 Å². The number of carbonyl (C=O) groups is 21. The fraction of sp³-hybridized carbons (Fsp3) is 0.667. The van der Waals surface area contributed by atoms with Gasteiger partial charge in [0, 0.05) is 51.9 Å². The third-order valence-electron chi connectivity index (χ3n) is 23.0. The highest BCUT2D eigenvalue weighted by molar-refractivity contribution is 6.02. The Labute approximate surface area is 845 Å². The van der Waals surface area contributed by atoms with Crippen molar-refractivity contribution in [3.8, 4) is 0 Å². The minimum absolute atomic E-state index is 0.0114. The summed E-state index contributed by atoms with van der Waals surface area (Å²) in [5, 5.41) is 120. The molecule has 1 heterocycles. The van der Waals surface area contributed by atoms with Crippen LogP contribution in [0.3, 0.4) is 0 Å². The van der Waals surface area contributed by atoms with E-state index < -0.39 is 314 Å². The second kappa shape index (κ2) is 67.3. The van der Waals surface area contributed by atoms with Gasteiger partial charge in [0.1, 0.15) is 103 Å². The molecule has 1 aliphatic rings. The maximum absolute atomic E-state index is 14.9. The molecule has 1 aromatic rings. The molecule has 1 aromatic carbocycles. The molecule has 56 nitrogen and oxygen atoms in total. The molecule has 0 aliphatic carbocycles. The highest BCUT2D eigenvalue weighted by Gasteiger charge is 2.43. The lowest BCUT2D eigenvalue weighted by Gasteiger charge is -2.31. The highest BCUT2D eigenvalue weighted by atomic mass is 16.4. The molecule has 18 amide bonds. The van der Waals surface area contributed by atoms with Crippen LogP contribution in [0.15, 0.2) is 30.3 Å². The van der Waals surface area contributed by atoms with Crippen LogP contribution in [0.2, 0.25) is 0 Å². The molecule has 1 aliphatic heterocycles. The number of nitrogens with two attached hydrogens (primary N) is 7. The molecular weight excluding hydrogens is 1920 g/mol. The number of benzene rings is 1. The predicted octanol–water partition coefficient (Wildman–Crippen LogP) is -10.2. The number of hydrogen-bond acceptors (Lipinski definition) is 29. The standard InChI is InChI=1S/C90H154N30O26/c1-45(2)41-60(79(137)106-53(24-14-16-36-92)75(133)112-58(26-18-38-102-89(97)98)86(144)120-40-20-28-64(120)83(141)111-54(25-17-37-101-88(95)96)76(134)113-59(87(145)146)27-19-39-103-90(99)100)115-84(142)68(46(3)4)118-78(136)57(31-34-67(126)127)110-81(139)62(43-121)116-72(130)50(9)105-73(131)56(30-33-66(124)125)109-77(135)55(29-32-65(94)123)108-74(132)52(23-13-15-35-91)107-82(140)63(44-122)117-85(143)69(47(5)6)119-80(138)61(42-51-21-11-10-12-22-51)114-71(129)49(8)104-70(128)48(7)93/h10-12,21-22,45-50,52-64,68-69,121-122H,13-20,23-44,91-93H2,1-9H3,(H2,94,123)(H,104,128)(H,105,131)(H,106,137)(H,107,140)(H,108,132)(H,109,135)(H,110,139)(H,111,141)(H,112,133)(H,113,134)(H,114,129)(H,115,142)(H,116,130)(H,117,143)(H,118,136)(H,119,138)(H,124,125)(H,126,127)(H,145,146)(H4,95,96,101)(H4,97,98,102)(H4,99,100,103)/t48-,49-,50-,52-,53-,54-,55-,56-,57-,58-,59-,60-,61-,62-,63-,64-,68-,69-/m0/s1. The molecule has 0 radical (unpaired) electrons. The quantitative estimate of drug-likeness (QED) is 0.0164. The molecule has 820 valence electrons. The number of hydrogen-bond donors (Lipinski definition) is 34. The Hall–Kier alpha value is -14.3. The number of aliphatic hydroxyl groups is 2. The van der Waals surface area contributed by atoms with Crippen LogP contribution in [0.4, 0.5) is 0 Å². The summed E-state index contributed by atoms with van der Waals surface area (Å²) >= 11 is 0. The zero-order valence-corrected chi connectivity index (χ0v) is 84.0. The maximum atomic E-state index is 14.9. The molecule has 56 heteroatoms. The van der Waals surface area contributed by atoms with Gasteiger partial charge in [0.25, 0.3) is 0 Å². The summed E-state index contributed by atoms with van der Waals surface area (Å²) in [5.41, 5.74) is 39.7. The summed E-state index contributed by atoms with van der Waals surface area (Å²) in [7, 11) is 0. The van der Waals surface area contributed by atoms with E-state index in [2.05, 4.69) is 101 Å². The normalized spacial score (nSPS) is 15.7. The van der Waals surface area contributed by atoms with Crippen molar-refractivity contribution in [1.82, 2.24) is 106 Å². The van der Waals surface area contributed by atoms with E-state index in [1.165, 1.54) is 46.4 Å². The van der Waals surface area contributed by atoms with Gasteiger partial charge < -0.3 is 172 Å². The van der Waals surface area contributed by atoms with E-state index in [0.717, 1.165) is 6.92 Å². The smallest absolute Gasteiger partial charge is 0.326 e. The molecule has 0 unspecified atom stereocenters. The minimum atomic E-state index is -2.04. The molecule has 0 aromatic heterocycles. The SMILES string of the molecule is CC(C)C[C@H](NC(=O)[C@@H](NC(=O)[C@H](CCC(=O)O)NC(=O)[C@H](CO)NC(=O)[C@H](C)NC(=O)[C@H](CCC(=O)O)NC(=O)[C@H](CCC(N)=O)NC(=O)[C@H](CCCCN)NC(=O)[C@H](CO)NC(=O)[C@@H](NC(=O)[C@H](Cc1ccccc1)NC(=O)[C@H](C)NC(=O)[C@H](C)N)C(C)C)C(C)C)C(=O)N[C@@H](CCCCN)C(=O)N[C@@H](CCCNC(=N)N)C(=O)N1CCC[C@H]1C(=O)N[C@@H](CCCNC(=N)N)C(=O)N[C@@H](CCCNC(=N)N)C(=O)O. The second-order valence-electron chi connectivity index (χ2n) is 36.5. The molecule has 41 N–H and O–H groups in total. The minimum Gasteiger partial charge on any atom is -0.481 e. The van der Waals surface area contributed by atoms with Crippen LogP contribution in [0, 0.1) is 34.0 Å². The van der Waals surface area contributed by atoms with Gasteiger partial charge in [-0.05, 0) is 173 Å². The third-order valence-corrected chi connectivity index (χ3v) is 23.0. The molecular formula is C90H154N30O26. The average Bonchev–Trinajstić information content (AvgIpc) is 1.68. The van der Waals surface area contributed by atoms with E-state index in [0.29, 0.717) is 12.0 Å². The summed E-state index contributed by atoms with van der Waals surface area (Å²) in [6.45, 7) is 11.1. The maximum Gasteiger partial charge on any atom is 0.326 e. The van der Waals surface area contributed by atoms with E-state index in [-0.39, 0.29) is 142 Å². The fourth-order valence-electron chi connectivity index (χ4n) is 14.8. The molecule has 146 heavy (non-hydrogen) atoms. The van der Waals surface area contributed by atoms with E-state index in [1.54, 1.807) is 44.2 Å².